The van der Waals surface area contributed by atoms with Gasteiger partial charge >= 0.3 is 0 Å². The van der Waals surface area contributed by atoms with Gasteiger partial charge in [-0.2, -0.15) is 0 Å². The first-order valence-corrected chi connectivity index (χ1v) is 10.2. The summed E-state index contributed by atoms with van der Waals surface area (Å²) in [6, 6.07) is 5.40. The minimum atomic E-state index is -0.500. The number of pyridine rings is 1. The third kappa shape index (κ3) is 3.95. The zero-order valence-electron chi connectivity index (χ0n) is 17.2. The van der Waals surface area contributed by atoms with Gasteiger partial charge in [0.05, 0.1) is 6.54 Å². The Kier molecular flexibility index (Phi) is 5.58. The maximum absolute atomic E-state index is 13.3. The van der Waals surface area contributed by atoms with Crippen molar-refractivity contribution >= 4 is 17.7 Å². The number of fused-ring (bicyclic) bond motifs is 1. The van der Waals surface area contributed by atoms with Crippen molar-refractivity contribution in [2.75, 3.05) is 26.7 Å². The Morgan fingerprint density at radius 2 is 1.84 bits per heavy atom. The highest BCUT2D eigenvalue weighted by atomic mass is 19.1. The number of aromatic nitrogens is 1. The molecule has 1 N–H and O–H groups in total. The van der Waals surface area contributed by atoms with Gasteiger partial charge in [0.25, 0.3) is 11.5 Å². The summed E-state index contributed by atoms with van der Waals surface area (Å²) in [5, 5.41) is 2.51. The number of carbonyl (C=O) groups is 3. The van der Waals surface area contributed by atoms with Crippen molar-refractivity contribution in [2.45, 2.75) is 25.8 Å². The molecule has 9 heteroatoms. The van der Waals surface area contributed by atoms with Gasteiger partial charge in [0, 0.05) is 45.0 Å². The van der Waals surface area contributed by atoms with Crippen molar-refractivity contribution in [3.63, 3.8) is 0 Å². The summed E-state index contributed by atoms with van der Waals surface area (Å²) in [5.74, 6) is -1.12. The number of nitrogens with one attached hydrogen (secondary N) is 1. The molecule has 0 bridgehead atoms. The van der Waals surface area contributed by atoms with Crippen molar-refractivity contribution in [3.05, 3.63) is 63.3 Å². The van der Waals surface area contributed by atoms with Crippen LogP contribution in [0.4, 0.5) is 4.39 Å². The Labute approximate surface area is 178 Å². The molecule has 8 nitrogen and oxygen atoms in total. The fraction of sp³-hybridized carbons (Fsp3) is 0.364. The molecule has 0 aliphatic carbocycles. The fourth-order valence-corrected chi connectivity index (χ4v) is 4.16. The Morgan fingerprint density at radius 3 is 2.48 bits per heavy atom. The number of halogens is 1. The monoisotopic (exact) mass is 426 g/mol. The average molecular weight is 426 g/mol. The topological polar surface area (TPSA) is 91.7 Å². The quantitative estimate of drug-likeness (QED) is 0.785. The number of nitrogens with zero attached hydrogens (tertiary/aromatic N) is 3. The van der Waals surface area contributed by atoms with E-state index in [2.05, 4.69) is 5.32 Å². The highest BCUT2D eigenvalue weighted by Gasteiger charge is 2.30. The molecule has 162 valence electrons. The molecule has 4 rings (SSSR count). The number of benzene rings is 1. The smallest absolute Gasteiger partial charge is 0.268 e. The van der Waals surface area contributed by atoms with E-state index in [-0.39, 0.29) is 30.5 Å². The lowest BCUT2D eigenvalue weighted by Gasteiger charge is -2.31. The summed E-state index contributed by atoms with van der Waals surface area (Å²) >= 11 is 0. The molecule has 1 saturated heterocycles. The van der Waals surface area contributed by atoms with E-state index in [1.165, 1.54) is 35.9 Å². The van der Waals surface area contributed by atoms with E-state index >= 15 is 0 Å². The molecule has 3 amide bonds. The molecule has 1 aromatic heterocycles. The predicted octanol–water partition coefficient (Wildman–Crippen LogP) is 0.843. The summed E-state index contributed by atoms with van der Waals surface area (Å²) in [5.41, 5.74) is 1.25. The number of rotatable bonds is 4. The van der Waals surface area contributed by atoms with Crippen molar-refractivity contribution in [2.24, 2.45) is 0 Å². The van der Waals surface area contributed by atoms with Crippen molar-refractivity contribution < 1.29 is 18.8 Å². The summed E-state index contributed by atoms with van der Waals surface area (Å²) in [6.07, 6.45) is 3.19. The van der Waals surface area contributed by atoms with Gasteiger partial charge in [-0.3, -0.25) is 23.7 Å². The van der Waals surface area contributed by atoms with Crippen LogP contribution in [0.25, 0.3) is 5.69 Å². The first kappa shape index (κ1) is 20.8. The summed E-state index contributed by atoms with van der Waals surface area (Å²) in [4.78, 5) is 53.4. The summed E-state index contributed by atoms with van der Waals surface area (Å²) in [6.45, 7) is 1.20. The van der Waals surface area contributed by atoms with Crippen LogP contribution in [0, 0.1) is 5.82 Å². The molecule has 2 aromatic rings. The average Bonchev–Trinajstić information content (AvgIpc) is 3.17. The van der Waals surface area contributed by atoms with Crippen LogP contribution in [0.5, 0.6) is 0 Å². The van der Waals surface area contributed by atoms with Crippen LogP contribution in [0.2, 0.25) is 0 Å². The second kappa shape index (κ2) is 8.33. The molecule has 0 unspecified atom stereocenters. The second-order valence-corrected chi connectivity index (χ2v) is 7.72. The standard InChI is InChI=1S/C22H23FN4O4/c1-24-21(30)20-17-8-10-26(19(29)13-25-9-2-3-18(25)28)11-14(17)12-27(22(20)31)16-6-4-15(23)5-7-16/h4-7,12H,2-3,8-11,13H2,1H3,(H,24,30). The highest BCUT2D eigenvalue weighted by Crippen LogP contribution is 2.23. The predicted molar refractivity (Wildman–Crippen MR) is 110 cm³/mol. The van der Waals surface area contributed by atoms with Crippen LogP contribution in [0.1, 0.15) is 34.3 Å². The minimum Gasteiger partial charge on any atom is -0.355 e. The zero-order chi connectivity index (χ0) is 22.1. The molecule has 2 aliphatic heterocycles. The molecule has 0 saturated carbocycles. The Hall–Kier alpha value is -3.49. The number of likely N-dealkylation sites (tertiary alicyclic amines) is 1. The molecule has 0 radical (unpaired) electrons. The highest BCUT2D eigenvalue weighted by molar-refractivity contribution is 5.95. The Bertz CT molecular complexity index is 1110. The van der Waals surface area contributed by atoms with Gasteiger partial charge in [0.1, 0.15) is 11.4 Å². The molecule has 3 heterocycles. The lowest BCUT2D eigenvalue weighted by Crippen LogP contribution is -2.44. The van der Waals surface area contributed by atoms with Gasteiger partial charge in [-0.15, -0.1) is 0 Å². The van der Waals surface area contributed by atoms with E-state index in [1.54, 1.807) is 16.0 Å². The van der Waals surface area contributed by atoms with Crippen LogP contribution < -0.4 is 10.9 Å². The van der Waals surface area contributed by atoms with E-state index in [1.807, 2.05) is 0 Å². The van der Waals surface area contributed by atoms with Gasteiger partial charge < -0.3 is 15.1 Å². The molecular formula is C22H23FN4O4. The molecule has 1 fully saturated rings. The van der Waals surface area contributed by atoms with Crippen LogP contribution in [-0.2, 0) is 22.6 Å². The van der Waals surface area contributed by atoms with Crippen molar-refractivity contribution in [1.29, 1.82) is 0 Å². The normalized spacial score (nSPS) is 15.7. The lowest BCUT2D eigenvalue weighted by atomic mass is 9.95. The fourth-order valence-electron chi connectivity index (χ4n) is 4.16. The maximum Gasteiger partial charge on any atom is 0.268 e. The van der Waals surface area contributed by atoms with E-state index in [9.17, 15) is 23.6 Å². The molecule has 2 aliphatic rings. The van der Waals surface area contributed by atoms with Crippen molar-refractivity contribution in [3.8, 4) is 5.69 Å². The first-order valence-electron chi connectivity index (χ1n) is 10.2. The van der Waals surface area contributed by atoms with E-state index in [0.29, 0.717) is 42.7 Å². The van der Waals surface area contributed by atoms with Crippen LogP contribution in [0.3, 0.4) is 0 Å². The minimum absolute atomic E-state index is 0.0159. The maximum atomic E-state index is 13.3. The number of hydrogen-bond donors (Lipinski definition) is 1. The molecular weight excluding hydrogens is 403 g/mol. The van der Waals surface area contributed by atoms with Crippen LogP contribution >= 0.6 is 0 Å². The third-order valence-electron chi connectivity index (χ3n) is 5.81. The number of amides is 3. The lowest BCUT2D eigenvalue weighted by molar-refractivity contribution is -0.139. The van der Waals surface area contributed by atoms with Gasteiger partial charge in [-0.05, 0) is 48.2 Å². The second-order valence-electron chi connectivity index (χ2n) is 7.72. The zero-order valence-corrected chi connectivity index (χ0v) is 17.2. The van der Waals surface area contributed by atoms with Gasteiger partial charge in [-0.1, -0.05) is 0 Å². The van der Waals surface area contributed by atoms with Crippen molar-refractivity contribution in [1.82, 2.24) is 19.7 Å². The molecule has 0 spiro atoms. The van der Waals surface area contributed by atoms with E-state index in [0.717, 1.165) is 6.42 Å². The molecule has 0 atom stereocenters. The Morgan fingerprint density at radius 1 is 1.10 bits per heavy atom. The van der Waals surface area contributed by atoms with Gasteiger partial charge in [0.2, 0.25) is 11.8 Å². The largest absolute Gasteiger partial charge is 0.355 e. The number of carbonyl (C=O) groups excluding carboxylic acids is 3. The van der Waals surface area contributed by atoms with Crippen LogP contribution in [-0.4, -0.2) is 58.8 Å². The first-order chi connectivity index (χ1) is 14.9. The SMILES string of the molecule is CNC(=O)c1c2c(cn(-c3ccc(F)cc3)c1=O)CN(C(=O)CN1CCCC1=O)CC2. The summed E-state index contributed by atoms with van der Waals surface area (Å²) in [7, 11) is 1.45. The van der Waals surface area contributed by atoms with Gasteiger partial charge in [-0.25, -0.2) is 4.39 Å². The Balaban J connectivity index is 1.69. The molecule has 1 aromatic carbocycles. The van der Waals surface area contributed by atoms with E-state index < -0.39 is 17.3 Å². The number of hydrogen-bond acceptors (Lipinski definition) is 4. The molecule has 31 heavy (non-hydrogen) atoms. The van der Waals surface area contributed by atoms with E-state index in [4.69, 9.17) is 0 Å². The van der Waals surface area contributed by atoms with Crippen LogP contribution in [0.15, 0.2) is 35.3 Å². The third-order valence-corrected chi connectivity index (χ3v) is 5.81. The van der Waals surface area contributed by atoms with Gasteiger partial charge in [0.15, 0.2) is 0 Å². The summed E-state index contributed by atoms with van der Waals surface area (Å²) < 4.78 is 14.7.